The zero-order chi connectivity index (χ0) is 31.2. The van der Waals surface area contributed by atoms with Crippen molar-refractivity contribution in [2.24, 2.45) is 5.10 Å². The molecule has 0 fully saturated rings. The molecule has 6 aromatic rings. The van der Waals surface area contributed by atoms with Crippen LogP contribution < -0.4 is 10.7 Å². The van der Waals surface area contributed by atoms with Crippen molar-refractivity contribution in [1.29, 1.82) is 0 Å². The summed E-state index contributed by atoms with van der Waals surface area (Å²) < 4.78 is 7.49. The lowest BCUT2D eigenvalue weighted by Crippen LogP contribution is -2.47. The van der Waals surface area contributed by atoms with E-state index in [1.165, 1.54) is 0 Å². The molecule has 0 saturated heterocycles. The number of nitrogens with one attached hydrogen (secondary N) is 3. The molecule has 0 aliphatic heterocycles. The van der Waals surface area contributed by atoms with Crippen LogP contribution in [0.1, 0.15) is 22.3 Å². The molecule has 0 saturated carbocycles. The lowest BCUT2D eigenvalue weighted by Gasteiger charge is -2.17. The molecule has 2 aromatic heterocycles. The molecule has 2 amide bonds. The van der Waals surface area contributed by atoms with Crippen LogP contribution in [-0.4, -0.2) is 33.8 Å². The van der Waals surface area contributed by atoms with Gasteiger partial charge in [-0.05, 0) is 41.0 Å². The van der Waals surface area contributed by atoms with Crippen LogP contribution in [0.25, 0.3) is 21.8 Å². The van der Waals surface area contributed by atoms with Crippen LogP contribution in [0.3, 0.4) is 0 Å². The summed E-state index contributed by atoms with van der Waals surface area (Å²) in [7, 11) is 0. The third-order valence-electron chi connectivity index (χ3n) is 7.45. The van der Waals surface area contributed by atoms with Crippen molar-refractivity contribution in [2.45, 2.75) is 25.6 Å². The predicted octanol–water partition coefficient (Wildman–Crippen LogP) is 7.47. The van der Waals surface area contributed by atoms with E-state index in [1.54, 1.807) is 12.3 Å². The lowest BCUT2D eigenvalue weighted by atomic mass is 10.0. The van der Waals surface area contributed by atoms with Gasteiger partial charge in [-0.3, -0.25) is 4.79 Å². The fourth-order valence-corrected chi connectivity index (χ4v) is 5.54. The van der Waals surface area contributed by atoms with E-state index in [-0.39, 0.29) is 13.0 Å². The molecule has 10 heteroatoms. The monoisotopic (exact) mass is 637 g/mol. The maximum atomic E-state index is 13.4. The summed E-state index contributed by atoms with van der Waals surface area (Å²) >= 11 is 12.3. The Hall–Kier alpha value is -5.05. The van der Waals surface area contributed by atoms with Gasteiger partial charge in [0.15, 0.2) is 0 Å². The Morgan fingerprint density at radius 3 is 2.47 bits per heavy atom. The molecule has 45 heavy (non-hydrogen) atoms. The molecule has 0 bridgehead atoms. The van der Waals surface area contributed by atoms with E-state index in [0.29, 0.717) is 16.6 Å². The average molecular weight is 639 g/mol. The molecule has 8 nitrogen and oxygen atoms in total. The number of rotatable bonds is 10. The molecular formula is C35H29Cl2N5O3. The van der Waals surface area contributed by atoms with E-state index in [4.69, 9.17) is 27.9 Å². The van der Waals surface area contributed by atoms with Crippen LogP contribution in [-0.2, 0) is 29.1 Å². The van der Waals surface area contributed by atoms with Crippen molar-refractivity contribution in [2.75, 3.05) is 0 Å². The molecule has 0 spiro atoms. The molecule has 6 rings (SSSR count). The van der Waals surface area contributed by atoms with Gasteiger partial charge in [0.2, 0.25) is 0 Å². The molecule has 1 atom stereocenters. The number of amides is 2. The molecule has 226 valence electrons. The highest BCUT2D eigenvalue weighted by atomic mass is 35.5. The second-order valence-corrected chi connectivity index (χ2v) is 11.3. The van der Waals surface area contributed by atoms with Gasteiger partial charge in [0.25, 0.3) is 5.91 Å². The summed E-state index contributed by atoms with van der Waals surface area (Å²) in [5, 5.41) is 9.93. The first kappa shape index (κ1) is 30.0. The number of nitrogens with zero attached hydrogens (tertiary/aromatic N) is 2. The first-order valence-corrected chi connectivity index (χ1v) is 15.1. The van der Waals surface area contributed by atoms with Crippen molar-refractivity contribution in [3.63, 3.8) is 0 Å². The zero-order valence-corrected chi connectivity index (χ0v) is 25.6. The number of fused-ring (bicyclic) bond motifs is 2. The normalized spacial score (nSPS) is 12.0. The van der Waals surface area contributed by atoms with Crippen molar-refractivity contribution < 1.29 is 14.3 Å². The highest BCUT2D eigenvalue weighted by molar-refractivity contribution is 6.42. The van der Waals surface area contributed by atoms with Gasteiger partial charge in [0.05, 0.1) is 16.3 Å². The summed E-state index contributed by atoms with van der Waals surface area (Å²) in [6, 6.07) is 29.7. The maximum Gasteiger partial charge on any atom is 0.408 e. The molecule has 0 unspecified atom stereocenters. The van der Waals surface area contributed by atoms with Gasteiger partial charge < -0.3 is 19.6 Å². The van der Waals surface area contributed by atoms with Gasteiger partial charge in [0, 0.05) is 52.7 Å². The second kappa shape index (κ2) is 13.7. The van der Waals surface area contributed by atoms with Crippen molar-refractivity contribution >= 4 is 63.2 Å². The van der Waals surface area contributed by atoms with Crippen molar-refractivity contribution in [3.8, 4) is 0 Å². The van der Waals surface area contributed by atoms with Gasteiger partial charge in [-0.2, -0.15) is 5.10 Å². The number of H-pyrrole nitrogens is 1. The molecule has 2 heterocycles. The minimum Gasteiger partial charge on any atom is -0.445 e. The van der Waals surface area contributed by atoms with Crippen LogP contribution in [0, 0.1) is 0 Å². The van der Waals surface area contributed by atoms with Crippen LogP contribution in [0.4, 0.5) is 4.79 Å². The molecule has 4 aromatic carbocycles. The highest BCUT2D eigenvalue weighted by Gasteiger charge is 2.23. The first-order valence-electron chi connectivity index (χ1n) is 14.3. The van der Waals surface area contributed by atoms with E-state index in [2.05, 4.69) is 25.4 Å². The number of carbonyl (C=O) groups is 2. The summed E-state index contributed by atoms with van der Waals surface area (Å²) in [6.45, 7) is 0.651. The van der Waals surface area contributed by atoms with Crippen LogP contribution in [0.5, 0.6) is 0 Å². The number of hydrogen-bond acceptors (Lipinski definition) is 4. The Bertz CT molecular complexity index is 2000. The first-order chi connectivity index (χ1) is 21.9. The number of ether oxygens (including phenoxy) is 1. The van der Waals surface area contributed by atoms with Gasteiger partial charge in [-0.25, -0.2) is 10.2 Å². The second-order valence-electron chi connectivity index (χ2n) is 10.5. The molecule has 0 aliphatic carbocycles. The van der Waals surface area contributed by atoms with Crippen molar-refractivity contribution in [3.05, 3.63) is 142 Å². The van der Waals surface area contributed by atoms with Crippen LogP contribution >= 0.6 is 23.2 Å². The van der Waals surface area contributed by atoms with Crippen molar-refractivity contribution in [1.82, 2.24) is 20.3 Å². The Morgan fingerprint density at radius 2 is 1.64 bits per heavy atom. The molecular weight excluding hydrogens is 609 g/mol. The van der Waals surface area contributed by atoms with E-state index < -0.39 is 18.0 Å². The Balaban J connectivity index is 1.19. The largest absolute Gasteiger partial charge is 0.445 e. The Labute approximate surface area is 269 Å². The summed E-state index contributed by atoms with van der Waals surface area (Å²) in [5.41, 5.74) is 8.08. The number of para-hydroxylation sites is 2. The quantitative estimate of drug-likeness (QED) is 0.107. The van der Waals surface area contributed by atoms with E-state index in [9.17, 15) is 9.59 Å². The molecule has 0 aliphatic rings. The van der Waals surface area contributed by atoms with Gasteiger partial charge in [0.1, 0.15) is 12.6 Å². The number of benzene rings is 4. The highest BCUT2D eigenvalue weighted by Crippen LogP contribution is 2.26. The lowest BCUT2D eigenvalue weighted by molar-refractivity contribution is -0.123. The van der Waals surface area contributed by atoms with E-state index in [0.717, 1.165) is 44.1 Å². The van der Waals surface area contributed by atoms with Crippen LogP contribution in [0.2, 0.25) is 10.0 Å². The van der Waals surface area contributed by atoms with E-state index >= 15 is 0 Å². The minimum atomic E-state index is -0.944. The maximum absolute atomic E-state index is 13.4. The SMILES string of the molecule is O=C(N[C@@H](Cc1c[nH]c2ccccc12)C(=O)N/N=C\c1cn(Cc2ccc(Cl)c(Cl)c2)c2ccccc12)OCc1ccccc1. The standard InChI is InChI=1S/C35H29Cl2N5O3/c36-29-15-14-24(16-30(29)37)20-42-21-26(28-11-5-7-13-33(28)42)19-39-41-34(43)32(17-25-18-38-31-12-6-4-10-27(25)31)40-35(44)45-22-23-8-2-1-3-9-23/h1-16,18-19,21,32,38H,17,20,22H2,(H,40,44)(H,41,43)/b39-19-/t32-/m0/s1. The third-order valence-corrected chi connectivity index (χ3v) is 8.19. The fourth-order valence-electron chi connectivity index (χ4n) is 5.22. The van der Waals surface area contributed by atoms with Gasteiger partial charge in [-0.1, -0.05) is 96.0 Å². The number of carbonyl (C=O) groups excluding carboxylic acids is 2. The summed E-state index contributed by atoms with van der Waals surface area (Å²) in [6.07, 6.45) is 4.93. The van der Waals surface area contributed by atoms with Crippen LogP contribution in [0.15, 0.2) is 115 Å². The Morgan fingerprint density at radius 1 is 0.889 bits per heavy atom. The van der Waals surface area contributed by atoms with Gasteiger partial charge >= 0.3 is 6.09 Å². The minimum absolute atomic E-state index is 0.0819. The number of aromatic amines is 1. The van der Waals surface area contributed by atoms with E-state index in [1.807, 2.05) is 103 Å². The molecule has 0 radical (unpaired) electrons. The summed E-state index contributed by atoms with van der Waals surface area (Å²) in [4.78, 5) is 29.4. The predicted molar refractivity (Wildman–Crippen MR) is 179 cm³/mol. The molecule has 3 N–H and O–H groups in total. The third kappa shape index (κ3) is 7.20. The summed E-state index contributed by atoms with van der Waals surface area (Å²) in [5.74, 6) is -0.479. The van der Waals surface area contributed by atoms with Gasteiger partial charge in [-0.15, -0.1) is 0 Å². The Kier molecular flexibility index (Phi) is 9.14. The smallest absolute Gasteiger partial charge is 0.408 e. The number of aromatic nitrogens is 2. The number of halogens is 2. The zero-order valence-electron chi connectivity index (χ0n) is 24.0. The number of hydrazone groups is 1. The topological polar surface area (TPSA) is 101 Å². The number of hydrogen-bond donors (Lipinski definition) is 3. The fraction of sp³-hybridized carbons (Fsp3) is 0.114. The number of alkyl carbamates (subject to hydrolysis) is 1. The average Bonchev–Trinajstić information content (AvgIpc) is 3.63.